The van der Waals surface area contributed by atoms with E-state index in [1.807, 2.05) is 30.3 Å². The van der Waals surface area contributed by atoms with Crippen LogP contribution in [0.25, 0.3) is 0 Å². The standard InChI is InChI=1S/C20H24N4O4/c1-21-17-8-7-16(13-19(17)24(26)27)20(25)22-18(15-5-3-2-4-6-15)14-23-9-11-28-12-10-23/h2-8,13,18,21H,9-12,14H2,1H3,(H,22,25)/t18-/m0/s1. The SMILES string of the molecule is CNc1ccc(C(=O)N[C@@H](CN2CCOCC2)c2ccccc2)cc1[N+](=O)[O-]. The number of nitro groups is 1. The number of carbonyl (C=O) groups is 1. The van der Waals surface area contributed by atoms with E-state index in [0.717, 1.165) is 18.7 Å². The van der Waals surface area contributed by atoms with E-state index in [0.29, 0.717) is 25.4 Å². The molecule has 3 rings (SSSR count). The van der Waals surface area contributed by atoms with Gasteiger partial charge in [-0.15, -0.1) is 0 Å². The first-order valence-corrected chi connectivity index (χ1v) is 9.20. The molecule has 2 N–H and O–H groups in total. The molecule has 0 bridgehead atoms. The number of rotatable bonds is 7. The molecule has 0 unspecified atom stereocenters. The van der Waals surface area contributed by atoms with Crippen molar-refractivity contribution in [2.24, 2.45) is 0 Å². The molecule has 0 aliphatic carbocycles. The number of benzene rings is 2. The van der Waals surface area contributed by atoms with Gasteiger partial charge in [0.05, 0.1) is 24.2 Å². The van der Waals surface area contributed by atoms with E-state index in [9.17, 15) is 14.9 Å². The number of anilines is 1. The monoisotopic (exact) mass is 384 g/mol. The normalized spacial score (nSPS) is 15.6. The number of hydrogen-bond acceptors (Lipinski definition) is 6. The van der Waals surface area contributed by atoms with Crippen LogP contribution in [0.3, 0.4) is 0 Å². The van der Waals surface area contributed by atoms with Crippen molar-refractivity contribution in [3.05, 3.63) is 69.8 Å². The Bertz CT molecular complexity index is 822. The summed E-state index contributed by atoms with van der Waals surface area (Å²) in [6, 6.07) is 13.9. The molecule has 8 heteroatoms. The summed E-state index contributed by atoms with van der Waals surface area (Å²) in [6.07, 6.45) is 0. The summed E-state index contributed by atoms with van der Waals surface area (Å²) in [6.45, 7) is 3.61. The van der Waals surface area contributed by atoms with Gasteiger partial charge in [0, 0.05) is 38.3 Å². The second-order valence-corrected chi connectivity index (χ2v) is 6.59. The Kier molecular flexibility index (Phi) is 6.57. The minimum Gasteiger partial charge on any atom is -0.383 e. The van der Waals surface area contributed by atoms with Crippen molar-refractivity contribution < 1.29 is 14.5 Å². The van der Waals surface area contributed by atoms with Gasteiger partial charge in [-0.2, -0.15) is 0 Å². The summed E-state index contributed by atoms with van der Waals surface area (Å²) >= 11 is 0. The van der Waals surface area contributed by atoms with Crippen molar-refractivity contribution in [3.63, 3.8) is 0 Å². The molecule has 2 aromatic carbocycles. The maximum Gasteiger partial charge on any atom is 0.293 e. The minimum atomic E-state index is -0.495. The van der Waals surface area contributed by atoms with E-state index in [1.54, 1.807) is 19.2 Å². The van der Waals surface area contributed by atoms with Gasteiger partial charge in [0.15, 0.2) is 0 Å². The van der Waals surface area contributed by atoms with Crippen molar-refractivity contribution in [3.8, 4) is 0 Å². The molecule has 0 aromatic heterocycles. The fourth-order valence-electron chi connectivity index (χ4n) is 3.24. The second-order valence-electron chi connectivity index (χ2n) is 6.59. The van der Waals surface area contributed by atoms with Crippen molar-refractivity contribution in [2.75, 3.05) is 45.2 Å². The number of nitrogens with one attached hydrogen (secondary N) is 2. The quantitative estimate of drug-likeness (QED) is 0.562. The highest BCUT2D eigenvalue weighted by molar-refractivity contribution is 5.96. The molecule has 1 saturated heterocycles. The summed E-state index contributed by atoms with van der Waals surface area (Å²) in [5, 5.41) is 17.1. The van der Waals surface area contributed by atoms with E-state index < -0.39 is 4.92 Å². The summed E-state index contributed by atoms with van der Waals surface area (Å²) in [5.74, 6) is -0.340. The van der Waals surface area contributed by atoms with Gasteiger partial charge < -0.3 is 15.4 Å². The molecule has 1 fully saturated rings. The highest BCUT2D eigenvalue weighted by atomic mass is 16.6. The molecule has 1 aliphatic heterocycles. The van der Waals surface area contributed by atoms with Crippen LogP contribution in [-0.2, 0) is 4.74 Å². The van der Waals surface area contributed by atoms with E-state index in [2.05, 4.69) is 15.5 Å². The molecular weight excluding hydrogens is 360 g/mol. The Labute approximate surface area is 163 Å². The van der Waals surface area contributed by atoms with Crippen LogP contribution in [0, 0.1) is 10.1 Å². The lowest BCUT2D eigenvalue weighted by molar-refractivity contribution is -0.384. The molecule has 0 radical (unpaired) electrons. The van der Waals surface area contributed by atoms with Gasteiger partial charge in [-0.05, 0) is 17.7 Å². The van der Waals surface area contributed by atoms with Gasteiger partial charge in [-0.25, -0.2) is 0 Å². The third kappa shape index (κ3) is 4.85. The minimum absolute atomic E-state index is 0.125. The molecular formula is C20H24N4O4. The fourth-order valence-corrected chi connectivity index (χ4v) is 3.24. The Balaban J connectivity index is 1.80. The van der Waals surface area contributed by atoms with Gasteiger partial charge >= 0.3 is 0 Å². The molecule has 148 valence electrons. The Hall–Kier alpha value is -2.97. The summed E-state index contributed by atoms with van der Waals surface area (Å²) < 4.78 is 5.40. The Morgan fingerprint density at radius 1 is 1.21 bits per heavy atom. The zero-order valence-electron chi connectivity index (χ0n) is 15.8. The summed E-state index contributed by atoms with van der Waals surface area (Å²) in [4.78, 5) is 25.9. The van der Waals surface area contributed by atoms with E-state index in [1.165, 1.54) is 6.07 Å². The van der Waals surface area contributed by atoms with E-state index in [-0.39, 0.29) is 23.2 Å². The van der Waals surface area contributed by atoms with Gasteiger partial charge in [-0.1, -0.05) is 30.3 Å². The topological polar surface area (TPSA) is 96.7 Å². The molecule has 28 heavy (non-hydrogen) atoms. The number of nitrogens with zero attached hydrogens (tertiary/aromatic N) is 2. The highest BCUT2D eigenvalue weighted by Crippen LogP contribution is 2.25. The van der Waals surface area contributed by atoms with Crippen LogP contribution in [0.2, 0.25) is 0 Å². The first kappa shape index (κ1) is 19.8. The number of ether oxygens (including phenoxy) is 1. The van der Waals surface area contributed by atoms with Crippen LogP contribution >= 0.6 is 0 Å². The van der Waals surface area contributed by atoms with Gasteiger partial charge in [0.25, 0.3) is 11.6 Å². The first-order valence-electron chi connectivity index (χ1n) is 9.20. The maximum absolute atomic E-state index is 12.8. The molecule has 0 spiro atoms. The van der Waals surface area contributed by atoms with Crippen molar-refractivity contribution in [2.45, 2.75) is 6.04 Å². The Morgan fingerprint density at radius 3 is 2.57 bits per heavy atom. The predicted octanol–water partition coefficient (Wildman–Crippen LogP) is 2.44. The van der Waals surface area contributed by atoms with Gasteiger partial charge in [-0.3, -0.25) is 19.8 Å². The average Bonchev–Trinajstić information content (AvgIpc) is 2.74. The molecule has 8 nitrogen and oxygen atoms in total. The van der Waals surface area contributed by atoms with E-state index >= 15 is 0 Å². The number of nitro benzene ring substituents is 1. The Morgan fingerprint density at radius 2 is 1.93 bits per heavy atom. The molecule has 1 atom stereocenters. The predicted molar refractivity (Wildman–Crippen MR) is 107 cm³/mol. The largest absolute Gasteiger partial charge is 0.383 e. The van der Waals surface area contributed by atoms with Crippen molar-refractivity contribution in [1.82, 2.24) is 10.2 Å². The van der Waals surface area contributed by atoms with Gasteiger partial charge in [0.2, 0.25) is 0 Å². The smallest absolute Gasteiger partial charge is 0.293 e. The molecule has 1 heterocycles. The fraction of sp³-hybridized carbons (Fsp3) is 0.350. The first-order chi connectivity index (χ1) is 13.6. The number of hydrogen-bond donors (Lipinski definition) is 2. The van der Waals surface area contributed by atoms with Crippen LogP contribution in [0.1, 0.15) is 22.0 Å². The van der Waals surface area contributed by atoms with Crippen LogP contribution in [0.5, 0.6) is 0 Å². The third-order valence-electron chi connectivity index (χ3n) is 4.78. The maximum atomic E-state index is 12.8. The number of morpholine rings is 1. The zero-order valence-corrected chi connectivity index (χ0v) is 15.8. The van der Waals surface area contributed by atoms with Crippen molar-refractivity contribution in [1.29, 1.82) is 0 Å². The van der Waals surface area contributed by atoms with Crippen LogP contribution < -0.4 is 10.6 Å². The van der Waals surface area contributed by atoms with Crippen LogP contribution in [0.15, 0.2) is 48.5 Å². The molecule has 1 amide bonds. The lowest BCUT2D eigenvalue weighted by Crippen LogP contribution is -2.43. The third-order valence-corrected chi connectivity index (χ3v) is 4.78. The summed E-state index contributed by atoms with van der Waals surface area (Å²) in [5.41, 5.74) is 1.49. The second kappa shape index (κ2) is 9.29. The van der Waals surface area contributed by atoms with Crippen LogP contribution in [-0.4, -0.2) is 55.6 Å². The number of carbonyl (C=O) groups excluding carboxylic acids is 1. The van der Waals surface area contributed by atoms with Crippen molar-refractivity contribution >= 4 is 17.3 Å². The molecule has 1 aliphatic rings. The zero-order chi connectivity index (χ0) is 19.9. The molecule has 0 saturated carbocycles. The number of amides is 1. The van der Waals surface area contributed by atoms with Gasteiger partial charge in [0.1, 0.15) is 5.69 Å². The summed E-state index contributed by atoms with van der Waals surface area (Å²) in [7, 11) is 1.61. The van der Waals surface area contributed by atoms with E-state index in [4.69, 9.17) is 4.74 Å². The highest BCUT2D eigenvalue weighted by Gasteiger charge is 2.22. The lowest BCUT2D eigenvalue weighted by atomic mass is 10.0. The average molecular weight is 384 g/mol. The lowest BCUT2D eigenvalue weighted by Gasteiger charge is -2.31. The van der Waals surface area contributed by atoms with Crippen LogP contribution in [0.4, 0.5) is 11.4 Å². The molecule has 2 aromatic rings.